The number of aromatic nitrogens is 2. The molecule has 2 saturated carbocycles. The van der Waals surface area contributed by atoms with E-state index in [2.05, 4.69) is 9.97 Å². The summed E-state index contributed by atoms with van der Waals surface area (Å²) in [5.74, 6) is -3.30. The van der Waals surface area contributed by atoms with E-state index in [1.165, 1.54) is 0 Å². The van der Waals surface area contributed by atoms with Crippen LogP contribution in [0.4, 0.5) is 8.78 Å². The molecule has 2 aliphatic rings. The van der Waals surface area contributed by atoms with Gasteiger partial charge in [-0.3, -0.25) is 4.98 Å². The molecule has 0 N–H and O–H groups in total. The molecule has 3 rings (SSSR count). The fraction of sp³-hybridized carbons (Fsp3) is 0.706. The van der Waals surface area contributed by atoms with Gasteiger partial charge >= 0.3 is 5.97 Å². The van der Waals surface area contributed by atoms with Crippen LogP contribution in [0.3, 0.4) is 0 Å². The number of rotatable bonds is 3. The fourth-order valence-corrected chi connectivity index (χ4v) is 3.62. The molecule has 0 bridgehead atoms. The van der Waals surface area contributed by atoms with Gasteiger partial charge in [0.25, 0.3) is 5.92 Å². The first kappa shape index (κ1) is 16.3. The molecule has 0 amide bonds. The third-order valence-corrected chi connectivity index (χ3v) is 4.68. The molecule has 0 aliphatic heterocycles. The quantitative estimate of drug-likeness (QED) is 0.789. The Morgan fingerprint density at radius 3 is 2.52 bits per heavy atom. The lowest BCUT2D eigenvalue weighted by molar-refractivity contribution is 0.00421. The van der Waals surface area contributed by atoms with Gasteiger partial charge in [0, 0.05) is 12.3 Å². The van der Waals surface area contributed by atoms with E-state index in [4.69, 9.17) is 4.74 Å². The van der Waals surface area contributed by atoms with Crippen LogP contribution in [0, 0.1) is 5.92 Å². The average molecular weight is 324 g/mol. The summed E-state index contributed by atoms with van der Waals surface area (Å²) in [4.78, 5) is 20.4. The molecule has 2 unspecified atom stereocenters. The zero-order chi connectivity index (χ0) is 17.0. The Balaban J connectivity index is 2.01. The zero-order valence-corrected chi connectivity index (χ0v) is 13.9. The Morgan fingerprint density at radius 1 is 1.35 bits per heavy atom. The number of halogens is 2. The molecular weight excluding hydrogens is 302 g/mol. The molecule has 0 radical (unpaired) electrons. The monoisotopic (exact) mass is 324 g/mol. The predicted molar refractivity (Wildman–Crippen MR) is 80.4 cm³/mol. The maximum absolute atomic E-state index is 13.9. The topological polar surface area (TPSA) is 52.1 Å². The van der Waals surface area contributed by atoms with Crippen molar-refractivity contribution < 1.29 is 18.3 Å². The highest BCUT2D eigenvalue weighted by Gasteiger charge is 2.61. The third-order valence-electron chi connectivity index (χ3n) is 4.68. The number of fused-ring (bicyclic) bond motifs is 1. The minimum atomic E-state index is -3.07. The molecule has 126 valence electrons. The van der Waals surface area contributed by atoms with Gasteiger partial charge in [0.1, 0.15) is 11.3 Å². The van der Waals surface area contributed by atoms with Gasteiger partial charge in [-0.25, -0.2) is 9.78 Å². The van der Waals surface area contributed by atoms with Gasteiger partial charge in [-0.1, -0.05) is 6.42 Å². The second kappa shape index (κ2) is 4.95. The molecule has 0 saturated heterocycles. The first-order valence-corrected chi connectivity index (χ1v) is 8.02. The van der Waals surface area contributed by atoms with E-state index in [0.717, 1.165) is 38.8 Å². The van der Waals surface area contributed by atoms with Gasteiger partial charge in [0.05, 0.1) is 11.9 Å². The molecule has 0 aromatic carbocycles. The summed E-state index contributed by atoms with van der Waals surface area (Å²) < 4.78 is 33.2. The van der Waals surface area contributed by atoms with Crippen molar-refractivity contribution in [3.8, 4) is 0 Å². The lowest BCUT2D eigenvalue weighted by atomic mass is 9.95. The SMILES string of the molecule is CC(C)(C)OC(=O)c1cnc(C(C)(F)F)c(C23CCCC2C3)n1. The Kier molecular flexibility index (Phi) is 3.50. The summed E-state index contributed by atoms with van der Waals surface area (Å²) in [6.07, 6.45) is 4.85. The van der Waals surface area contributed by atoms with Gasteiger partial charge in [-0.2, -0.15) is 8.78 Å². The van der Waals surface area contributed by atoms with Crippen LogP contribution in [-0.4, -0.2) is 21.5 Å². The van der Waals surface area contributed by atoms with Crippen molar-refractivity contribution in [3.63, 3.8) is 0 Å². The molecule has 2 aliphatic carbocycles. The van der Waals surface area contributed by atoms with E-state index in [-0.39, 0.29) is 16.8 Å². The average Bonchev–Trinajstić information content (AvgIpc) is 2.97. The van der Waals surface area contributed by atoms with Crippen molar-refractivity contribution >= 4 is 5.97 Å². The second-order valence-corrected chi connectivity index (χ2v) is 7.79. The first-order valence-electron chi connectivity index (χ1n) is 8.02. The highest BCUT2D eigenvalue weighted by molar-refractivity contribution is 5.87. The van der Waals surface area contributed by atoms with Crippen LogP contribution in [0.2, 0.25) is 0 Å². The van der Waals surface area contributed by atoms with Gasteiger partial charge in [0.2, 0.25) is 0 Å². The number of hydrogen-bond donors (Lipinski definition) is 0. The van der Waals surface area contributed by atoms with Gasteiger partial charge in [-0.15, -0.1) is 0 Å². The molecule has 1 aromatic rings. The molecule has 1 aromatic heterocycles. The molecule has 2 atom stereocenters. The van der Waals surface area contributed by atoms with Crippen molar-refractivity contribution in [2.24, 2.45) is 5.92 Å². The van der Waals surface area contributed by atoms with Crippen molar-refractivity contribution in [2.75, 3.05) is 0 Å². The van der Waals surface area contributed by atoms with Gasteiger partial charge in [-0.05, 0) is 46.0 Å². The summed E-state index contributed by atoms with van der Waals surface area (Å²) in [5, 5.41) is 0. The molecule has 23 heavy (non-hydrogen) atoms. The number of ether oxygens (including phenoxy) is 1. The summed E-state index contributed by atoms with van der Waals surface area (Å²) >= 11 is 0. The number of alkyl halides is 2. The van der Waals surface area contributed by atoms with Gasteiger partial charge < -0.3 is 4.74 Å². The van der Waals surface area contributed by atoms with Crippen molar-refractivity contribution in [1.29, 1.82) is 0 Å². The smallest absolute Gasteiger partial charge is 0.359 e. The Morgan fingerprint density at radius 2 is 2.04 bits per heavy atom. The minimum Gasteiger partial charge on any atom is -0.455 e. The van der Waals surface area contributed by atoms with E-state index in [0.29, 0.717) is 11.6 Å². The van der Waals surface area contributed by atoms with Crippen LogP contribution in [0.1, 0.15) is 75.3 Å². The molecular formula is C17H22F2N2O2. The fourth-order valence-electron chi connectivity index (χ4n) is 3.62. The summed E-state index contributed by atoms with van der Waals surface area (Å²) in [6, 6.07) is 0. The maximum Gasteiger partial charge on any atom is 0.359 e. The second-order valence-electron chi connectivity index (χ2n) is 7.79. The summed E-state index contributed by atoms with van der Waals surface area (Å²) in [7, 11) is 0. The number of carbonyl (C=O) groups excluding carboxylic acids is 1. The van der Waals surface area contributed by atoms with Crippen LogP contribution in [0.15, 0.2) is 6.20 Å². The Hall–Kier alpha value is -1.59. The molecule has 0 spiro atoms. The van der Waals surface area contributed by atoms with Crippen LogP contribution in [0.5, 0.6) is 0 Å². The standard InChI is InChI=1S/C17H22F2N2O2/c1-15(2,3)23-14(22)11-9-20-12(16(4,18)19)13(21-11)17-7-5-6-10(17)8-17/h9-10H,5-8H2,1-4H3. The highest BCUT2D eigenvalue weighted by atomic mass is 19.3. The van der Waals surface area contributed by atoms with Crippen LogP contribution < -0.4 is 0 Å². The van der Waals surface area contributed by atoms with Crippen molar-refractivity contribution in [2.45, 2.75) is 70.3 Å². The Labute approximate surface area is 134 Å². The van der Waals surface area contributed by atoms with Crippen LogP contribution in [0.25, 0.3) is 0 Å². The van der Waals surface area contributed by atoms with E-state index in [9.17, 15) is 13.6 Å². The summed E-state index contributed by atoms with van der Waals surface area (Å²) in [5.41, 5.74) is -0.959. The largest absolute Gasteiger partial charge is 0.455 e. The Bertz CT molecular complexity index is 649. The lowest BCUT2D eigenvalue weighted by Crippen LogP contribution is -2.27. The number of hydrogen-bond acceptors (Lipinski definition) is 4. The van der Waals surface area contributed by atoms with E-state index < -0.39 is 17.5 Å². The van der Waals surface area contributed by atoms with Crippen molar-refractivity contribution in [3.05, 3.63) is 23.3 Å². The highest BCUT2D eigenvalue weighted by Crippen LogP contribution is 2.65. The van der Waals surface area contributed by atoms with E-state index in [1.54, 1.807) is 20.8 Å². The summed E-state index contributed by atoms with van der Waals surface area (Å²) in [6.45, 7) is 6.08. The zero-order valence-electron chi connectivity index (χ0n) is 13.9. The number of carbonyl (C=O) groups is 1. The third kappa shape index (κ3) is 2.95. The molecule has 2 fully saturated rings. The predicted octanol–water partition coefficient (Wildman–Crippen LogP) is 3.99. The first-order chi connectivity index (χ1) is 10.5. The molecule has 4 nitrogen and oxygen atoms in total. The maximum atomic E-state index is 13.9. The molecule has 6 heteroatoms. The van der Waals surface area contributed by atoms with Crippen LogP contribution >= 0.6 is 0 Å². The van der Waals surface area contributed by atoms with E-state index in [1.807, 2.05) is 0 Å². The van der Waals surface area contributed by atoms with Crippen molar-refractivity contribution in [1.82, 2.24) is 9.97 Å². The van der Waals surface area contributed by atoms with Gasteiger partial charge in [0.15, 0.2) is 5.69 Å². The van der Waals surface area contributed by atoms with E-state index >= 15 is 0 Å². The minimum absolute atomic E-state index is 0.00912. The molecule has 1 heterocycles. The normalized spacial score (nSPS) is 26.8. The number of esters is 1. The number of nitrogens with zero attached hydrogens (tertiary/aromatic N) is 2. The van der Waals surface area contributed by atoms with Crippen LogP contribution in [-0.2, 0) is 16.1 Å². The lowest BCUT2D eigenvalue weighted by Gasteiger charge is -2.22.